The fourth-order valence-corrected chi connectivity index (χ4v) is 2.65. The second kappa shape index (κ2) is 6.45. The van der Waals surface area contributed by atoms with Crippen LogP contribution in [0.15, 0.2) is 55.0 Å². The van der Waals surface area contributed by atoms with Crippen LogP contribution in [0.2, 0.25) is 0 Å². The number of anilines is 2. The molecule has 0 bridgehead atoms. The van der Waals surface area contributed by atoms with Crippen LogP contribution < -0.4 is 11.5 Å². The van der Waals surface area contributed by atoms with Crippen molar-refractivity contribution in [2.75, 3.05) is 11.5 Å². The topological polar surface area (TPSA) is 109 Å². The van der Waals surface area contributed by atoms with Crippen LogP contribution in [0.25, 0.3) is 28.5 Å². The van der Waals surface area contributed by atoms with E-state index in [9.17, 15) is 8.78 Å². The van der Waals surface area contributed by atoms with Crippen molar-refractivity contribution in [1.29, 1.82) is 0 Å². The zero-order valence-corrected chi connectivity index (χ0v) is 13.8. The first kappa shape index (κ1) is 16.6. The Labute approximate surface area is 152 Å². The third-order valence-electron chi connectivity index (χ3n) is 3.93. The van der Waals surface area contributed by atoms with Crippen molar-refractivity contribution >= 4 is 11.5 Å². The maximum absolute atomic E-state index is 14.2. The maximum Gasteiger partial charge on any atom is 0.190 e. The minimum absolute atomic E-state index is 0.0643. The lowest BCUT2D eigenvalue weighted by Crippen LogP contribution is -2.06. The standard InChI is InChI=1S/C18H13F2N7/c19-12-5-2-6-14(15(12)20)27-9-24-26-18(27)16-17(22)23-8-13(25-16)10-3-1-4-11(21)7-10/h1-9H,21H2,(H2,22,23). The first-order valence-corrected chi connectivity index (χ1v) is 7.88. The average Bonchev–Trinajstić information content (AvgIpc) is 3.13. The molecule has 0 saturated carbocycles. The molecule has 9 heteroatoms. The lowest BCUT2D eigenvalue weighted by Gasteiger charge is -2.10. The molecule has 0 saturated heterocycles. The molecule has 4 N–H and O–H groups in total. The van der Waals surface area contributed by atoms with Crippen molar-refractivity contribution < 1.29 is 8.78 Å². The molecule has 0 aliphatic heterocycles. The summed E-state index contributed by atoms with van der Waals surface area (Å²) in [4.78, 5) is 8.62. The summed E-state index contributed by atoms with van der Waals surface area (Å²) in [6.45, 7) is 0. The Bertz CT molecular complexity index is 1140. The number of rotatable bonds is 3. The SMILES string of the molecule is Nc1cccc(-c2cnc(N)c(-c3nncn3-c3cccc(F)c3F)n2)c1. The summed E-state index contributed by atoms with van der Waals surface area (Å²) < 4.78 is 29.1. The Morgan fingerprint density at radius 2 is 1.81 bits per heavy atom. The first-order valence-electron chi connectivity index (χ1n) is 7.88. The average molecular weight is 365 g/mol. The van der Waals surface area contributed by atoms with Gasteiger partial charge in [-0.25, -0.2) is 18.7 Å². The monoisotopic (exact) mass is 365 g/mol. The molecule has 0 radical (unpaired) electrons. The molecule has 0 fully saturated rings. The third kappa shape index (κ3) is 2.95. The molecule has 0 atom stereocenters. The summed E-state index contributed by atoms with van der Waals surface area (Å²) in [5.41, 5.74) is 13.7. The predicted octanol–water partition coefficient (Wildman–Crippen LogP) is 2.83. The van der Waals surface area contributed by atoms with Gasteiger partial charge < -0.3 is 11.5 Å². The van der Waals surface area contributed by atoms with E-state index in [4.69, 9.17) is 11.5 Å². The van der Waals surface area contributed by atoms with Gasteiger partial charge >= 0.3 is 0 Å². The molecule has 0 amide bonds. The quantitative estimate of drug-likeness (QED) is 0.541. The molecule has 2 heterocycles. The normalized spacial score (nSPS) is 10.9. The van der Waals surface area contributed by atoms with Crippen LogP contribution in [0.3, 0.4) is 0 Å². The molecule has 7 nitrogen and oxygen atoms in total. The molecule has 2 aromatic carbocycles. The summed E-state index contributed by atoms with van der Waals surface area (Å²) in [7, 11) is 0. The number of hydrogen-bond donors (Lipinski definition) is 2. The molecular formula is C18H13F2N7. The second-order valence-electron chi connectivity index (χ2n) is 5.71. The number of benzene rings is 2. The molecule has 0 aliphatic carbocycles. The minimum atomic E-state index is -1.03. The Balaban J connectivity index is 1.87. The zero-order valence-electron chi connectivity index (χ0n) is 13.8. The fraction of sp³-hybridized carbons (Fsp3) is 0. The van der Waals surface area contributed by atoms with Crippen LogP contribution in [0.5, 0.6) is 0 Å². The Morgan fingerprint density at radius 3 is 2.63 bits per heavy atom. The predicted molar refractivity (Wildman–Crippen MR) is 96.6 cm³/mol. The van der Waals surface area contributed by atoms with E-state index in [1.54, 1.807) is 18.2 Å². The van der Waals surface area contributed by atoms with Crippen molar-refractivity contribution in [3.05, 3.63) is 66.6 Å². The van der Waals surface area contributed by atoms with Crippen LogP contribution in [0.4, 0.5) is 20.3 Å². The van der Waals surface area contributed by atoms with Crippen molar-refractivity contribution in [1.82, 2.24) is 24.7 Å². The van der Waals surface area contributed by atoms with Gasteiger partial charge in [-0.2, -0.15) is 0 Å². The van der Waals surface area contributed by atoms with Gasteiger partial charge in [0.15, 0.2) is 29.0 Å². The van der Waals surface area contributed by atoms with E-state index < -0.39 is 11.6 Å². The molecule has 27 heavy (non-hydrogen) atoms. The largest absolute Gasteiger partial charge is 0.399 e. The van der Waals surface area contributed by atoms with Crippen molar-refractivity contribution in [3.63, 3.8) is 0 Å². The Kier molecular flexibility index (Phi) is 3.96. The van der Waals surface area contributed by atoms with Gasteiger partial charge in [0.05, 0.1) is 17.6 Å². The van der Waals surface area contributed by atoms with E-state index in [-0.39, 0.29) is 23.0 Å². The summed E-state index contributed by atoms with van der Waals surface area (Å²) in [5.74, 6) is -1.80. The number of nitrogens with zero attached hydrogens (tertiary/aromatic N) is 5. The van der Waals surface area contributed by atoms with Gasteiger partial charge in [-0.05, 0) is 24.3 Å². The van der Waals surface area contributed by atoms with Gasteiger partial charge in [0.25, 0.3) is 0 Å². The third-order valence-corrected chi connectivity index (χ3v) is 3.93. The molecule has 0 aliphatic rings. The summed E-state index contributed by atoms with van der Waals surface area (Å²) in [5, 5.41) is 7.75. The molecule has 0 unspecified atom stereocenters. The Morgan fingerprint density at radius 1 is 1.00 bits per heavy atom. The van der Waals surface area contributed by atoms with Gasteiger partial charge in [-0.15, -0.1) is 10.2 Å². The van der Waals surface area contributed by atoms with Gasteiger partial charge in [0.2, 0.25) is 0 Å². The minimum Gasteiger partial charge on any atom is -0.399 e. The van der Waals surface area contributed by atoms with Crippen LogP contribution in [-0.4, -0.2) is 24.7 Å². The van der Waals surface area contributed by atoms with Gasteiger partial charge in [0.1, 0.15) is 6.33 Å². The molecule has 0 spiro atoms. The highest BCUT2D eigenvalue weighted by molar-refractivity contribution is 5.71. The van der Waals surface area contributed by atoms with Gasteiger partial charge in [-0.1, -0.05) is 18.2 Å². The lowest BCUT2D eigenvalue weighted by molar-refractivity contribution is 0.504. The number of halogens is 2. The summed E-state index contributed by atoms with van der Waals surface area (Å²) in [6, 6.07) is 10.9. The highest BCUT2D eigenvalue weighted by atomic mass is 19.2. The molecule has 4 aromatic rings. The van der Waals surface area contributed by atoms with E-state index in [0.717, 1.165) is 11.6 Å². The highest BCUT2D eigenvalue weighted by Gasteiger charge is 2.19. The number of hydrogen-bond acceptors (Lipinski definition) is 6. The molecule has 4 rings (SSSR count). The van der Waals surface area contributed by atoms with Crippen molar-refractivity contribution in [3.8, 4) is 28.5 Å². The van der Waals surface area contributed by atoms with E-state index in [0.29, 0.717) is 11.4 Å². The zero-order chi connectivity index (χ0) is 19.0. The van der Waals surface area contributed by atoms with E-state index in [1.165, 1.54) is 29.2 Å². The number of aromatic nitrogens is 5. The fourth-order valence-electron chi connectivity index (χ4n) is 2.65. The lowest BCUT2D eigenvalue weighted by atomic mass is 10.1. The number of nitrogens with two attached hydrogens (primary N) is 2. The van der Waals surface area contributed by atoms with Crippen LogP contribution in [0, 0.1) is 11.6 Å². The van der Waals surface area contributed by atoms with Crippen molar-refractivity contribution in [2.24, 2.45) is 0 Å². The van der Waals surface area contributed by atoms with E-state index >= 15 is 0 Å². The van der Waals surface area contributed by atoms with E-state index in [2.05, 4.69) is 20.2 Å². The number of nitrogen functional groups attached to an aromatic ring is 2. The van der Waals surface area contributed by atoms with Crippen LogP contribution >= 0.6 is 0 Å². The van der Waals surface area contributed by atoms with Crippen molar-refractivity contribution in [2.45, 2.75) is 0 Å². The maximum atomic E-state index is 14.2. The molecule has 2 aromatic heterocycles. The Hall–Kier alpha value is -3.88. The highest BCUT2D eigenvalue weighted by Crippen LogP contribution is 2.28. The van der Waals surface area contributed by atoms with E-state index in [1.807, 2.05) is 6.07 Å². The van der Waals surface area contributed by atoms with Gasteiger partial charge in [0, 0.05) is 11.3 Å². The molecule has 134 valence electrons. The molecular weight excluding hydrogens is 352 g/mol. The van der Waals surface area contributed by atoms with Crippen LogP contribution in [-0.2, 0) is 0 Å². The summed E-state index contributed by atoms with van der Waals surface area (Å²) >= 11 is 0. The van der Waals surface area contributed by atoms with Crippen LogP contribution in [0.1, 0.15) is 0 Å². The van der Waals surface area contributed by atoms with Gasteiger partial charge in [-0.3, -0.25) is 4.57 Å². The second-order valence-corrected chi connectivity index (χ2v) is 5.71. The smallest absolute Gasteiger partial charge is 0.190 e. The first-order chi connectivity index (χ1) is 13.0. The summed E-state index contributed by atoms with van der Waals surface area (Å²) in [6.07, 6.45) is 2.75.